The third-order valence-corrected chi connectivity index (χ3v) is 2.62. The molecular weight excluding hydrogens is 174 g/mol. The molecule has 2 nitrogen and oxygen atoms in total. The van der Waals surface area contributed by atoms with Crippen LogP contribution < -0.4 is 5.32 Å². The Morgan fingerprint density at radius 2 is 1.79 bits per heavy atom. The van der Waals surface area contributed by atoms with Gasteiger partial charge < -0.3 is 10.1 Å². The molecule has 14 heavy (non-hydrogen) atoms. The predicted octanol–water partition coefficient (Wildman–Crippen LogP) is 2.83. The first-order valence-electron chi connectivity index (χ1n) is 5.73. The van der Waals surface area contributed by atoms with Crippen molar-refractivity contribution in [3.05, 3.63) is 0 Å². The van der Waals surface area contributed by atoms with Crippen molar-refractivity contribution >= 4 is 0 Å². The molecular formula is C12H27NO. The highest BCUT2D eigenvalue weighted by Gasteiger charge is 2.30. The molecule has 0 saturated carbocycles. The van der Waals surface area contributed by atoms with Crippen molar-refractivity contribution in [1.82, 2.24) is 5.32 Å². The first-order valence-corrected chi connectivity index (χ1v) is 5.73. The van der Waals surface area contributed by atoms with Crippen LogP contribution in [0.15, 0.2) is 0 Å². The second-order valence-corrected chi connectivity index (χ2v) is 4.98. The fourth-order valence-corrected chi connectivity index (χ4v) is 1.83. The van der Waals surface area contributed by atoms with E-state index in [0.717, 1.165) is 13.0 Å². The largest absolute Gasteiger partial charge is 0.380 e. The summed E-state index contributed by atoms with van der Waals surface area (Å²) in [7, 11) is 1.81. The van der Waals surface area contributed by atoms with Gasteiger partial charge in [-0.05, 0) is 24.8 Å². The number of hydrogen-bond acceptors (Lipinski definition) is 2. The molecule has 0 aliphatic heterocycles. The van der Waals surface area contributed by atoms with E-state index in [9.17, 15) is 0 Å². The zero-order chi connectivity index (χ0) is 11.2. The van der Waals surface area contributed by atoms with E-state index in [1.165, 1.54) is 6.42 Å². The van der Waals surface area contributed by atoms with Gasteiger partial charge in [-0.25, -0.2) is 0 Å². The smallest absolute Gasteiger partial charge is 0.0726 e. The first-order chi connectivity index (χ1) is 6.47. The van der Waals surface area contributed by atoms with Crippen molar-refractivity contribution in [3.8, 4) is 0 Å². The summed E-state index contributed by atoms with van der Waals surface area (Å²) in [4.78, 5) is 0. The molecule has 0 aromatic rings. The standard InChI is InChI=1S/C12H27NO/c1-7-9-13-11(12(3,4)5)10(8-2)14-6/h10-11,13H,7-9H2,1-6H3. The van der Waals surface area contributed by atoms with Gasteiger partial charge in [0.05, 0.1) is 6.10 Å². The van der Waals surface area contributed by atoms with Gasteiger partial charge in [0.1, 0.15) is 0 Å². The molecule has 2 heteroatoms. The van der Waals surface area contributed by atoms with Crippen molar-refractivity contribution in [2.75, 3.05) is 13.7 Å². The molecule has 0 bridgehead atoms. The van der Waals surface area contributed by atoms with Crippen LogP contribution in [0.2, 0.25) is 0 Å². The van der Waals surface area contributed by atoms with E-state index in [1.54, 1.807) is 7.11 Å². The van der Waals surface area contributed by atoms with Crippen LogP contribution in [0.1, 0.15) is 47.5 Å². The molecule has 2 unspecified atom stereocenters. The molecule has 86 valence electrons. The zero-order valence-electron chi connectivity index (χ0n) is 10.7. The predicted molar refractivity (Wildman–Crippen MR) is 62.6 cm³/mol. The minimum Gasteiger partial charge on any atom is -0.380 e. The lowest BCUT2D eigenvalue weighted by molar-refractivity contribution is 0.0266. The third-order valence-electron chi connectivity index (χ3n) is 2.62. The number of ether oxygens (including phenoxy) is 1. The van der Waals surface area contributed by atoms with E-state index in [-0.39, 0.29) is 5.41 Å². The third kappa shape index (κ3) is 4.43. The van der Waals surface area contributed by atoms with Crippen LogP contribution in [0.5, 0.6) is 0 Å². The van der Waals surface area contributed by atoms with Crippen molar-refractivity contribution in [2.24, 2.45) is 5.41 Å². The normalized spacial score (nSPS) is 16.7. The Bertz CT molecular complexity index is 136. The highest BCUT2D eigenvalue weighted by Crippen LogP contribution is 2.24. The number of nitrogens with one attached hydrogen (secondary N) is 1. The van der Waals surface area contributed by atoms with Gasteiger partial charge in [-0.15, -0.1) is 0 Å². The summed E-state index contributed by atoms with van der Waals surface area (Å²) in [6, 6.07) is 0.442. The van der Waals surface area contributed by atoms with Crippen LogP contribution >= 0.6 is 0 Å². The van der Waals surface area contributed by atoms with E-state index >= 15 is 0 Å². The molecule has 0 fully saturated rings. The first kappa shape index (κ1) is 13.9. The Morgan fingerprint density at radius 3 is 2.07 bits per heavy atom. The molecule has 0 rings (SSSR count). The molecule has 0 spiro atoms. The Balaban J connectivity index is 4.37. The second-order valence-electron chi connectivity index (χ2n) is 4.98. The lowest BCUT2D eigenvalue weighted by Crippen LogP contribution is -2.49. The number of methoxy groups -OCH3 is 1. The van der Waals surface area contributed by atoms with E-state index in [4.69, 9.17) is 4.74 Å². The maximum absolute atomic E-state index is 5.52. The average molecular weight is 201 g/mol. The average Bonchev–Trinajstić information content (AvgIpc) is 2.10. The van der Waals surface area contributed by atoms with E-state index in [0.29, 0.717) is 12.1 Å². The van der Waals surface area contributed by atoms with Crippen molar-refractivity contribution in [2.45, 2.75) is 59.6 Å². The van der Waals surface area contributed by atoms with Gasteiger partial charge in [0.25, 0.3) is 0 Å². The summed E-state index contributed by atoms with van der Waals surface area (Å²) in [5.41, 5.74) is 0.256. The summed E-state index contributed by atoms with van der Waals surface area (Å²) in [5.74, 6) is 0. The Hall–Kier alpha value is -0.0800. The quantitative estimate of drug-likeness (QED) is 0.713. The molecule has 0 amide bonds. The lowest BCUT2D eigenvalue weighted by Gasteiger charge is -2.36. The van der Waals surface area contributed by atoms with Gasteiger partial charge in [-0.1, -0.05) is 34.6 Å². The molecule has 0 aromatic carbocycles. The molecule has 0 aromatic heterocycles. The lowest BCUT2D eigenvalue weighted by atomic mass is 9.82. The Labute approximate surface area is 89.4 Å². The fraction of sp³-hybridized carbons (Fsp3) is 1.00. The minimum absolute atomic E-state index is 0.256. The van der Waals surface area contributed by atoms with Gasteiger partial charge >= 0.3 is 0 Å². The van der Waals surface area contributed by atoms with E-state index in [1.807, 2.05) is 0 Å². The van der Waals surface area contributed by atoms with Crippen molar-refractivity contribution in [1.29, 1.82) is 0 Å². The summed E-state index contributed by atoms with van der Waals surface area (Å²) in [5, 5.41) is 3.59. The van der Waals surface area contributed by atoms with Gasteiger partial charge in [0, 0.05) is 13.2 Å². The number of rotatable bonds is 6. The molecule has 0 saturated heterocycles. The maximum Gasteiger partial charge on any atom is 0.0726 e. The fourth-order valence-electron chi connectivity index (χ4n) is 1.83. The van der Waals surface area contributed by atoms with Gasteiger partial charge in [0.15, 0.2) is 0 Å². The topological polar surface area (TPSA) is 21.3 Å². The summed E-state index contributed by atoms with van der Waals surface area (Å²) < 4.78 is 5.52. The highest BCUT2D eigenvalue weighted by molar-refractivity contribution is 4.86. The monoisotopic (exact) mass is 201 g/mol. The van der Waals surface area contributed by atoms with E-state index in [2.05, 4.69) is 39.9 Å². The molecule has 1 N–H and O–H groups in total. The highest BCUT2D eigenvalue weighted by atomic mass is 16.5. The van der Waals surface area contributed by atoms with Crippen LogP contribution in [0.25, 0.3) is 0 Å². The van der Waals surface area contributed by atoms with Crippen molar-refractivity contribution < 1.29 is 4.74 Å². The van der Waals surface area contributed by atoms with Gasteiger partial charge in [0.2, 0.25) is 0 Å². The molecule has 0 aliphatic carbocycles. The van der Waals surface area contributed by atoms with Crippen LogP contribution in [0, 0.1) is 5.41 Å². The summed E-state index contributed by atoms with van der Waals surface area (Å²) >= 11 is 0. The minimum atomic E-state index is 0.256. The maximum atomic E-state index is 5.52. The number of hydrogen-bond donors (Lipinski definition) is 1. The summed E-state index contributed by atoms with van der Waals surface area (Å²) in [6.07, 6.45) is 2.56. The second kappa shape index (κ2) is 6.41. The zero-order valence-corrected chi connectivity index (χ0v) is 10.7. The molecule has 2 atom stereocenters. The molecule has 0 radical (unpaired) electrons. The Morgan fingerprint density at radius 1 is 1.21 bits per heavy atom. The Kier molecular flexibility index (Phi) is 6.38. The molecule has 0 aliphatic rings. The van der Waals surface area contributed by atoms with Crippen LogP contribution in [0.3, 0.4) is 0 Å². The van der Waals surface area contributed by atoms with E-state index < -0.39 is 0 Å². The molecule has 0 heterocycles. The van der Waals surface area contributed by atoms with Crippen LogP contribution in [-0.4, -0.2) is 25.8 Å². The summed E-state index contributed by atoms with van der Waals surface area (Å²) in [6.45, 7) is 12.2. The van der Waals surface area contributed by atoms with Crippen LogP contribution in [0.4, 0.5) is 0 Å². The van der Waals surface area contributed by atoms with Gasteiger partial charge in [-0.3, -0.25) is 0 Å². The SMILES string of the molecule is CCCNC(C(CC)OC)C(C)(C)C. The van der Waals surface area contributed by atoms with Crippen LogP contribution in [-0.2, 0) is 4.74 Å². The van der Waals surface area contributed by atoms with Gasteiger partial charge in [-0.2, -0.15) is 0 Å². The van der Waals surface area contributed by atoms with Crippen molar-refractivity contribution in [3.63, 3.8) is 0 Å².